The molecule has 3 aromatic carbocycles. The molecule has 1 heterocycles. The second-order valence-electron chi connectivity index (χ2n) is 8.96. The summed E-state index contributed by atoms with van der Waals surface area (Å²) >= 11 is 1.32. The van der Waals surface area contributed by atoms with Gasteiger partial charge in [-0.25, -0.2) is 0 Å². The molecule has 2 aliphatic rings. The van der Waals surface area contributed by atoms with Crippen molar-refractivity contribution in [2.24, 2.45) is 0 Å². The summed E-state index contributed by atoms with van der Waals surface area (Å²) < 4.78 is 44.5. The van der Waals surface area contributed by atoms with Crippen LogP contribution < -0.4 is 14.4 Å². The van der Waals surface area contributed by atoms with E-state index in [-0.39, 0.29) is 17.8 Å². The summed E-state index contributed by atoms with van der Waals surface area (Å²) in [6.07, 6.45) is -0.773. The van der Waals surface area contributed by atoms with E-state index in [2.05, 4.69) is 50.8 Å². The monoisotopic (exact) mass is 500 g/mol. The lowest BCUT2D eigenvalue weighted by Gasteiger charge is -2.43. The van der Waals surface area contributed by atoms with Crippen LogP contribution in [0, 0.1) is 0 Å². The number of para-hydroxylation sites is 2. The lowest BCUT2D eigenvalue weighted by molar-refractivity contribution is -0.274. The normalized spacial score (nSPS) is 22.2. The Labute approximate surface area is 207 Å². The molecule has 1 saturated carbocycles. The summed E-state index contributed by atoms with van der Waals surface area (Å²) in [5.74, 6) is -0.252. The highest BCUT2D eigenvalue weighted by molar-refractivity contribution is 7.97. The maximum Gasteiger partial charge on any atom is 0.573 e. The Morgan fingerprint density at radius 3 is 2.06 bits per heavy atom. The summed E-state index contributed by atoms with van der Waals surface area (Å²) in [4.78, 5) is 3.07. The van der Waals surface area contributed by atoms with E-state index >= 15 is 0 Å². The van der Waals surface area contributed by atoms with Crippen LogP contribution in [0.15, 0.2) is 77.7 Å². The molecule has 0 aromatic heterocycles. The Morgan fingerprint density at radius 1 is 0.857 bits per heavy atom. The van der Waals surface area contributed by atoms with Gasteiger partial charge in [0.15, 0.2) is 0 Å². The van der Waals surface area contributed by atoms with E-state index in [1.54, 1.807) is 12.1 Å². The summed E-state index contributed by atoms with van der Waals surface area (Å²) in [5.41, 5.74) is 4.85. The topological polar surface area (TPSA) is 44.7 Å². The molecule has 2 N–H and O–H groups in total. The number of anilines is 2. The van der Waals surface area contributed by atoms with Crippen molar-refractivity contribution in [3.05, 3.63) is 83.9 Å². The maximum absolute atomic E-state index is 12.4. The molecule has 0 radical (unpaired) electrons. The lowest BCUT2D eigenvalue weighted by Crippen LogP contribution is -2.53. The average molecular weight is 501 g/mol. The first kappa shape index (κ1) is 24.0. The molecule has 5 rings (SSSR count). The number of hydrogen-bond acceptors (Lipinski definition) is 5. The number of alkyl halides is 3. The second-order valence-corrected chi connectivity index (χ2v) is 9.87. The third kappa shape index (κ3) is 5.44. The fourth-order valence-electron chi connectivity index (χ4n) is 5.09. The number of halogens is 3. The van der Waals surface area contributed by atoms with Gasteiger partial charge in [-0.05, 0) is 91.6 Å². The van der Waals surface area contributed by atoms with Gasteiger partial charge in [0, 0.05) is 22.3 Å². The minimum atomic E-state index is -4.71. The number of aryl methyl sites for hydroxylation is 2. The zero-order valence-corrected chi connectivity index (χ0v) is 19.9. The van der Waals surface area contributed by atoms with E-state index in [4.69, 9.17) is 0 Å². The van der Waals surface area contributed by atoms with Crippen LogP contribution in [-0.2, 0) is 12.8 Å². The number of benzene rings is 3. The number of aliphatic hydroxyl groups is 1. The predicted octanol–water partition coefficient (Wildman–Crippen LogP) is 6.40. The molecular formula is C27H27F3N2O2S. The molecular weight excluding hydrogens is 473 g/mol. The van der Waals surface area contributed by atoms with Crippen molar-refractivity contribution in [1.82, 2.24) is 4.72 Å². The number of ether oxygens (including phenoxy) is 1. The fraction of sp³-hybridized carbons (Fsp3) is 0.333. The minimum Gasteiger partial charge on any atom is -0.406 e. The van der Waals surface area contributed by atoms with E-state index in [0.717, 1.165) is 48.4 Å². The van der Waals surface area contributed by atoms with Gasteiger partial charge in [-0.1, -0.05) is 36.4 Å². The molecule has 1 fully saturated rings. The number of fused-ring (bicyclic) bond motifs is 2. The Morgan fingerprint density at radius 2 is 1.46 bits per heavy atom. The lowest BCUT2D eigenvalue weighted by atomic mass is 9.86. The third-order valence-electron chi connectivity index (χ3n) is 6.70. The molecule has 1 aliphatic carbocycles. The molecule has 184 valence electrons. The van der Waals surface area contributed by atoms with Gasteiger partial charge in [0.25, 0.3) is 0 Å². The molecule has 3 aromatic rings. The van der Waals surface area contributed by atoms with Gasteiger partial charge in [-0.3, -0.25) is 4.72 Å². The standard InChI is InChI=1S/C27H27F3N2O2S/c28-27(29,30)34-20-14-16-21(17-15-20)35-31-22-8-5-11-25(26(22)33)32-23-9-3-1-6-18(23)12-13-19-7-2-4-10-24(19)32/h1-4,6-7,9-10,14-17,22,25-26,31,33H,5,8,11-13H2. The molecule has 0 amide bonds. The molecule has 8 heteroatoms. The van der Waals surface area contributed by atoms with Crippen LogP contribution >= 0.6 is 11.9 Å². The number of rotatable bonds is 5. The van der Waals surface area contributed by atoms with Crippen molar-refractivity contribution >= 4 is 23.3 Å². The number of hydrogen-bond donors (Lipinski definition) is 2. The van der Waals surface area contributed by atoms with Gasteiger partial charge >= 0.3 is 6.36 Å². The van der Waals surface area contributed by atoms with Crippen LogP contribution in [0.1, 0.15) is 30.4 Å². The third-order valence-corrected chi connectivity index (χ3v) is 7.63. The van der Waals surface area contributed by atoms with Gasteiger partial charge < -0.3 is 14.7 Å². The Bertz CT molecular complexity index is 1110. The summed E-state index contributed by atoms with van der Waals surface area (Å²) in [5, 5.41) is 11.5. The quantitative estimate of drug-likeness (QED) is 0.397. The van der Waals surface area contributed by atoms with Gasteiger partial charge in [0.1, 0.15) is 5.75 Å². The Hall–Kier alpha value is -2.68. The van der Waals surface area contributed by atoms with Crippen LogP contribution in [0.25, 0.3) is 0 Å². The molecule has 3 atom stereocenters. The zero-order valence-electron chi connectivity index (χ0n) is 19.0. The van der Waals surface area contributed by atoms with Crippen molar-refractivity contribution in [1.29, 1.82) is 0 Å². The average Bonchev–Trinajstić information content (AvgIpc) is 3.01. The zero-order chi connectivity index (χ0) is 24.4. The van der Waals surface area contributed by atoms with Crippen LogP contribution in [0.2, 0.25) is 0 Å². The van der Waals surface area contributed by atoms with E-state index in [1.807, 2.05) is 12.1 Å². The van der Waals surface area contributed by atoms with E-state index in [1.165, 1.54) is 35.2 Å². The largest absolute Gasteiger partial charge is 0.573 e. The van der Waals surface area contributed by atoms with Gasteiger partial charge in [-0.2, -0.15) is 0 Å². The Balaban J connectivity index is 1.34. The van der Waals surface area contributed by atoms with Crippen LogP contribution in [0.3, 0.4) is 0 Å². The SMILES string of the molecule is OC1C(NSc2ccc(OC(F)(F)F)cc2)CCCC1N1c2ccccc2CCc2ccccc21. The highest BCUT2D eigenvalue weighted by Crippen LogP contribution is 2.41. The molecule has 0 spiro atoms. The van der Waals surface area contributed by atoms with Crippen LogP contribution in [-0.4, -0.2) is 29.7 Å². The molecule has 0 saturated heterocycles. The van der Waals surface area contributed by atoms with E-state index < -0.39 is 12.5 Å². The molecule has 3 unspecified atom stereocenters. The summed E-state index contributed by atoms with van der Waals surface area (Å²) in [6, 6.07) is 22.3. The molecule has 0 bridgehead atoms. The number of nitrogens with zero attached hydrogens (tertiary/aromatic N) is 1. The first-order valence-electron chi connectivity index (χ1n) is 11.8. The van der Waals surface area contributed by atoms with Crippen molar-refractivity contribution in [2.45, 2.75) is 61.5 Å². The smallest absolute Gasteiger partial charge is 0.406 e. The fourth-order valence-corrected chi connectivity index (χ4v) is 5.91. The highest BCUT2D eigenvalue weighted by atomic mass is 32.2. The predicted molar refractivity (Wildman–Crippen MR) is 132 cm³/mol. The minimum absolute atomic E-state index is 0.0928. The van der Waals surface area contributed by atoms with Crippen molar-refractivity contribution < 1.29 is 23.0 Å². The first-order valence-corrected chi connectivity index (χ1v) is 12.6. The van der Waals surface area contributed by atoms with Crippen LogP contribution in [0.4, 0.5) is 24.5 Å². The summed E-state index contributed by atoms with van der Waals surface area (Å²) in [7, 11) is 0. The van der Waals surface area contributed by atoms with Crippen LogP contribution in [0.5, 0.6) is 5.75 Å². The van der Waals surface area contributed by atoms with E-state index in [0.29, 0.717) is 0 Å². The van der Waals surface area contributed by atoms with Crippen molar-refractivity contribution in [2.75, 3.05) is 4.90 Å². The van der Waals surface area contributed by atoms with Crippen molar-refractivity contribution in [3.63, 3.8) is 0 Å². The summed E-state index contributed by atoms with van der Waals surface area (Å²) in [6.45, 7) is 0. The Kier molecular flexibility index (Phi) is 6.95. The molecule has 35 heavy (non-hydrogen) atoms. The van der Waals surface area contributed by atoms with Gasteiger partial charge in [-0.15, -0.1) is 13.2 Å². The first-order chi connectivity index (χ1) is 16.9. The van der Waals surface area contributed by atoms with E-state index in [9.17, 15) is 18.3 Å². The highest BCUT2D eigenvalue weighted by Gasteiger charge is 2.38. The molecule has 1 aliphatic heterocycles. The molecule has 4 nitrogen and oxygen atoms in total. The second kappa shape index (κ2) is 10.1. The van der Waals surface area contributed by atoms with Gasteiger partial charge in [0.05, 0.1) is 12.1 Å². The number of nitrogens with one attached hydrogen (secondary N) is 1. The number of aliphatic hydroxyl groups excluding tert-OH is 1. The van der Waals surface area contributed by atoms with Gasteiger partial charge in [0.2, 0.25) is 0 Å². The maximum atomic E-state index is 12.4. The van der Waals surface area contributed by atoms with Crippen molar-refractivity contribution in [3.8, 4) is 5.75 Å².